The van der Waals surface area contributed by atoms with Crippen molar-refractivity contribution >= 4 is 22.7 Å². The molecule has 0 aliphatic carbocycles. The molecule has 4 nitrogen and oxygen atoms in total. The lowest BCUT2D eigenvalue weighted by Gasteiger charge is -2.00. The second-order valence-corrected chi connectivity index (χ2v) is 5.90. The summed E-state index contributed by atoms with van der Waals surface area (Å²) in [6, 6.07) is 2.12. The fourth-order valence-corrected chi connectivity index (χ4v) is 3.45. The fraction of sp³-hybridized carbons (Fsp3) is 0.500. The van der Waals surface area contributed by atoms with Gasteiger partial charge in [-0.2, -0.15) is 0 Å². The summed E-state index contributed by atoms with van der Waals surface area (Å²) in [5.41, 5.74) is 1.28. The van der Waals surface area contributed by atoms with Crippen LogP contribution in [0.15, 0.2) is 11.4 Å². The van der Waals surface area contributed by atoms with Gasteiger partial charge in [0.05, 0.1) is 11.5 Å². The number of nitrogens with one attached hydrogen (secondary N) is 1. The quantitative estimate of drug-likeness (QED) is 0.792. The molecule has 0 saturated carbocycles. The first-order valence-electron chi connectivity index (χ1n) is 5.87. The van der Waals surface area contributed by atoms with Gasteiger partial charge in [-0.05, 0) is 23.9 Å². The van der Waals surface area contributed by atoms with Crippen LogP contribution in [0.25, 0.3) is 9.88 Å². The van der Waals surface area contributed by atoms with Crippen molar-refractivity contribution in [3.05, 3.63) is 22.0 Å². The normalized spacial score (nSPS) is 11.0. The number of thiophene rings is 1. The minimum absolute atomic E-state index is 0.746. The summed E-state index contributed by atoms with van der Waals surface area (Å²) in [6.07, 6.45) is 0.922. The molecule has 2 aromatic rings. The summed E-state index contributed by atoms with van der Waals surface area (Å²) in [6.45, 7) is 4.66. The summed E-state index contributed by atoms with van der Waals surface area (Å²) >= 11 is 3.41. The highest BCUT2D eigenvalue weighted by Crippen LogP contribution is 2.31. The van der Waals surface area contributed by atoms with Gasteiger partial charge in [0.25, 0.3) is 0 Å². The molecule has 0 aromatic carbocycles. The van der Waals surface area contributed by atoms with E-state index in [-0.39, 0.29) is 0 Å². The van der Waals surface area contributed by atoms with Crippen LogP contribution in [-0.2, 0) is 11.2 Å². The molecule has 2 heterocycles. The van der Waals surface area contributed by atoms with Crippen molar-refractivity contribution in [2.24, 2.45) is 0 Å². The Kier molecular flexibility index (Phi) is 5.25. The van der Waals surface area contributed by atoms with Crippen LogP contribution in [0, 0.1) is 6.92 Å². The van der Waals surface area contributed by atoms with Crippen molar-refractivity contribution in [3.8, 4) is 9.88 Å². The largest absolute Gasteiger partial charge is 0.383 e. The lowest BCUT2D eigenvalue weighted by atomic mass is 10.3. The average Bonchev–Trinajstić information content (AvgIpc) is 2.97. The highest BCUT2D eigenvalue weighted by Gasteiger charge is 2.09. The predicted molar refractivity (Wildman–Crippen MR) is 76.4 cm³/mol. The number of hydrogen-bond acceptors (Lipinski definition) is 6. The Labute approximate surface area is 115 Å². The van der Waals surface area contributed by atoms with Crippen molar-refractivity contribution in [2.75, 3.05) is 26.8 Å². The van der Waals surface area contributed by atoms with Gasteiger partial charge in [0.15, 0.2) is 5.01 Å². The molecule has 0 aliphatic rings. The molecule has 0 amide bonds. The lowest BCUT2D eigenvalue weighted by molar-refractivity contribution is 0.199. The number of aromatic nitrogens is 2. The Morgan fingerprint density at radius 1 is 1.33 bits per heavy atom. The van der Waals surface area contributed by atoms with Crippen LogP contribution >= 0.6 is 22.7 Å². The molecule has 0 aliphatic heterocycles. The maximum absolute atomic E-state index is 4.97. The first-order chi connectivity index (χ1) is 8.81. The van der Waals surface area contributed by atoms with E-state index in [1.165, 1.54) is 10.4 Å². The van der Waals surface area contributed by atoms with E-state index in [1.54, 1.807) is 29.8 Å². The molecule has 18 heavy (non-hydrogen) atoms. The number of ether oxygens (including phenoxy) is 1. The van der Waals surface area contributed by atoms with Crippen molar-refractivity contribution in [3.63, 3.8) is 0 Å². The van der Waals surface area contributed by atoms with E-state index in [1.807, 2.05) is 0 Å². The van der Waals surface area contributed by atoms with Gasteiger partial charge in [-0.3, -0.25) is 0 Å². The summed E-state index contributed by atoms with van der Waals surface area (Å²) in [5, 5.41) is 16.0. The molecule has 98 valence electrons. The molecule has 6 heteroatoms. The van der Waals surface area contributed by atoms with Gasteiger partial charge in [0, 0.05) is 26.6 Å². The standard InChI is InChI=1S/C12H17N3OS2/c1-9-4-8-17-11(9)12-15-14-10(18-12)3-5-13-6-7-16-2/h4,8,13H,3,5-7H2,1-2H3. The second-order valence-electron chi connectivity index (χ2n) is 3.93. The zero-order valence-corrected chi connectivity index (χ0v) is 12.2. The highest BCUT2D eigenvalue weighted by atomic mass is 32.1. The molecule has 0 spiro atoms. The van der Waals surface area contributed by atoms with Gasteiger partial charge >= 0.3 is 0 Å². The van der Waals surface area contributed by atoms with Crippen LogP contribution in [0.3, 0.4) is 0 Å². The summed E-state index contributed by atoms with van der Waals surface area (Å²) in [7, 11) is 1.71. The molecule has 0 atom stereocenters. The summed E-state index contributed by atoms with van der Waals surface area (Å²) in [4.78, 5) is 1.24. The molecule has 2 aromatic heterocycles. The topological polar surface area (TPSA) is 47.0 Å². The van der Waals surface area contributed by atoms with E-state index in [9.17, 15) is 0 Å². The molecule has 0 saturated heterocycles. The number of rotatable bonds is 7. The smallest absolute Gasteiger partial charge is 0.158 e. The second kappa shape index (κ2) is 6.94. The van der Waals surface area contributed by atoms with Crippen molar-refractivity contribution < 1.29 is 4.74 Å². The highest BCUT2D eigenvalue weighted by molar-refractivity contribution is 7.20. The number of hydrogen-bond donors (Lipinski definition) is 1. The zero-order chi connectivity index (χ0) is 12.8. The minimum Gasteiger partial charge on any atom is -0.383 e. The third-order valence-electron chi connectivity index (χ3n) is 2.52. The Morgan fingerprint density at radius 2 is 2.22 bits per heavy atom. The molecule has 0 unspecified atom stereocenters. The maximum Gasteiger partial charge on any atom is 0.158 e. The number of aryl methyl sites for hydroxylation is 1. The fourth-order valence-electron chi connectivity index (χ4n) is 1.53. The summed E-state index contributed by atoms with van der Waals surface area (Å²) < 4.78 is 4.97. The third kappa shape index (κ3) is 3.58. The van der Waals surface area contributed by atoms with Crippen molar-refractivity contribution in [1.29, 1.82) is 0 Å². The minimum atomic E-state index is 0.746. The lowest BCUT2D eigenvalue weighted by Crippen LogP contribution is -2.21. The zero-order valence-electron chi connectivity index (χ0n) is 10.6. The van der Waals surface area contributed by atoms with Gasteiger partial charge in [-0.25, -0.2) is 0 Å². The predicted octanol–water partition coefficient (Wildman–Crippen LogP) is 2.35. The first kappa shape index (κ1) is 13.6. The molecule has 0 radical (unpaired) electrons. The molecule has 0 bridgehead atoms. The Balaban J connectivity index is 1.85. The van der Waals surface area contributed by atoms with Gasteiger partial charge in [0.2, 0.25) is 0 Å². The molecular formula is C12H17N3OS2. The summed E-state index contributed by atoms with van der Waals surface area (Å²) in [5.74, 6) is 0. The van der Waals surface area contributed by atoms with Crippen molar-refractivity contribution in [2.45, 2.75) is 13.3 Å². The van der Waals surface area contributed by atoms with E-state index < -0.39 is 0 Å². The SMILES string of the molecule is COCCNCCc1nnc(-c2sccc2C)s1. The van der Waals surface area contributed by atoms with Crippen LogP contribution in [-0.4, -0.2) is 37.0 Å². The Bertz CT molecular complexity index is 481. The third-order valence-corrected chi connectivity index (χ3v) is 4.67. The van der Waals surface area contributed by atoms with E-state index in [0.29, 0.717) is 0 Å². The van der Waals surface area contributed by atoms with E-state index in [4.69, 9.17) is 4.74 Å². The van der Waals surface area contributed by atoms with E-state index in [2.05, 4.69) is 33.9 Å². The van der Waals surface area contributed by atoms with Gasteiger partial charge < -0.3 is 10.1 Å². The van der Waals surface area contributed by atoms with Crippen LogP contribution in [0.4, 0.5) is 0 Å². The number of nitrogens with zero attached hydrogens (tertiary/aromatic N) is 2. The molecule has 2 rings (SSSR count). The average molecular weight is 283 g/mol. The van der Waals surface area contributed by atoms with Crippen LogP contribution in [0.5, 0.6) is 0 Å². The maximum atomic E-state index is 4.97. The van der Waals surface area contributed by atoms with Gasteiger partial charge in [0.1, 0.15) is 5.01 Å². The van der Waals surface area contributed by atoms with E-state index >= 15 is 0 Å². The monoisotopic (exact) mass is 283 g/mol. The van der Waals surface area contributed by atoms with Gasteiger partial charge in [-0.15, -0.1) is 21.5 Å². The number of methoxy groups -OCH3 is 1. The molecular weight excluding hydrogens is 266 g/mol. The first-order valence-corrected chi connectivity index (χ1v) is 7.57. The van der Waals surface area contributed by atoms with Crippen molar-refractivity contribution in [1.82, 2.24) is 15.5 Å². The van der Waals surface area contributed by atoms with Crippen LogP contribution in [0.2, 0.25) is 0 Å². The Hall–Kier alpha value is -0.820. The molecule has 0 fully saturated rings. The van der Waals surface area contributed by atoms with Crippen LogP contribution < -0.4 is 5.32 Å². The van der Waals surface area contributed by atoms with Crippen LogP contribution in [0.1, 0.15) is 10.6 Å². The Morgan fingerprint density at radius 3 is 2.94 bits per heavy atom. The van der Waals surface area contributed by atoms with E-state index in [0.717, 1.165) is 36.1 Å². The molecule has 1 N–H and O–H groups in total. The van der Waals surface area contributed by atoms with Gasteiger partial charge in [-0.1, -0.05) is 11.3 Å².